The van der Waals surface area contributed by atoms with Crippen LogP contribution < -0.4 is 0 Å². The normalized spacial score (nSPS) is 50.0. The van der Waals surface area contributed by atoms with Crippen LogP contribution in [0.3, 0.4) is 0 Å². The van der Waals surface area contributed by atoms with Gasteiger partial charge in [-0.15, -0.1) is 0 Å². The van der Waals surface area contributed by atoms with Crippen molar-refractivity contribution in [1.82, 2.24) is 0 Å². The van der Waals surface area contributed by atoms with Gasteiger partial charge >= 0.3 is 0 Å². The molecule has 0 unspecified atom stereocenters. The monoisotopic (exact) mass is 177 g/mol. The first-order chi connectivity index (χ1) is 6.40. The highest BCUT2D eigenvalue weighted by Crippen LogP contribution is 2.52. The van der Waals surface area contributed by atoms with Gasteiger partial charge in [0.25, 0.3) is 0 Å². The van der Waals surface area contributed by atoms with Crippen molar-refractivity contribution in [2.45, 2.75) is 25.7 Å². The molecule has 3 aliphatic rings. The largest absolute Gasteiger partial charge is 0.411 e. The van der Waals surface area contributed by atoms with E-state index in [-0.39, 0.29) is 0 Å². The van der Waals surface area contributed by atoms with E-state index in [9.17, 15) is 0 Å². The summed E-state index contributed by atoms with van der Waals surface area (Å²) in [5, 5.41) is 12.4. The fraction of sp³-hybridized carbons (Fsp3) is 0.727. The summed E-state index contributed by atoms with van der Waals surface area (Å²) in [6.07, 6.45) is 9.62. The Labute approximate surface area is 78.3 Å². The fourth-order valence-corrected chi connectivity index (χ4v) is 3.61. The van der Waals surface area contributed by atoms with Crippen molar-refractivity contribution in [3.8, 4) is 0 Å². The Morgan fingerprint density at radius 3 is 3.00 bits per heavy atom. The van der Waals surface area contributed by atoms with E-state index in [1.54, 1.807) is 0 Å². The topological polar surface area (TPSA) is 32.6 Å². The average Bonchev–Trinajstić information content (AvgIpc) is 2.77. The van der Waals surface area contributed by atoms with Crippen LogP contribution in [-0.4, -0.2) is 10.9 Å². The lowest BCUT2D eigenvalue weighted by Gasteiger charge is -2.32. The Bertz CT molecular complexity index is 282. The van der Waals surface area contributed by atoms with Crippen molar-refractivity contribution < 1.29 is 5.21 Å². The van der Waals surface area contributed by atoms with Gasteiger partial charge in [0.15, 0.2) is 0 Å². The zero-order valence-electron chi connectivity index (χ0n) is 7.69. The minimum atomic E-state index is 0.591. The van der Waals surface area contributed by atoms with E-state index in [0.717, 1.165) is 24.0 Å². The van der Waals surface area contributed by atoms with E-state index in [0.29, 0.717) is 11.8 Å². The number of allylic oxidation sites excluding steroid dienone is 2. The predicted molar refractivity (Wildman–Crippen MR) is 50.8 cm³/mol. The third kappa shape index (κ3) is 0.917. The molecule has 0 heterocycles. The van der Waals surface area contributed by atoms with E-state index in [4.69, 9.17) is 5.21 Å². The number of fused-ring (bicyclic) bond motifs is 5. The van der Waals surface area contributed by atoms with Crippen molar-refractivity contribution >= 4 is 5.71 Å². The van der Waals surface area contributed by atoms with Gasteiger partial charge in [-0.1, -0.05) is 17.3 Å². The van der Waals surface area contributed by atoms with Gasteiger partial charge in [0.2, 0.25) is 0 Å². The molecule has 2 nitrogen and oxygen atoms in total. The highest BCUT2D eigenvalue weighted by atomic mass is 16.4. The van der Waals surface area contributed by atoms with Crippen LogP contribution in [0.5, 0.6) is 0 Å². The number of rotatable bonds is 0. The van der Waals surface area contributed by atoms with Crippen molar-refractivity contribution in [2.24, 2.45) is 28.8 Å². The van der Waals surface area contributed by atoms with Gasteiger partial charge < -0.3 is 5.21 Å². The third-order valence-corrected chi connectivity index (χ3v) is 4.11. The van der Waals surface area contributed by atoms with Gasteiger partial charge in [-0.05, 0) is 43.4 Å². The smallest absolute Gasteiger partial charge is 0.0610 e. The first-order valence-electron chi connectivity index (χ1n) is 5.29. The summed E-state index contributed by atoms with van der Waals surface area (Å²) in [4.78, 5) is 0. The number of nitrogens with zero attached hydrogens (tertiary/aromatic N) is 1. The molecule has 2 bridgehead atoms. The van der Waals surface area contributed by atoms with Crippen LogP contribution in [0.25, 0.3) is 0 Å². The van der Waals surface area contributed by atoms with E-state index < -0.39 is 0 Å². The molecule has 2 fully saturated rings. The molecule has 2 saturated carbocycles. The zero-order valence-corrected chi connectivity index (χ0v) is 7.69. The lowest BCUT2D eigenvalue weighted by molar-refractivity contribution is 0.283. The van der Waals surface area contributed by atoms with Gasteiger partial charge in [0.05, 0.1) is 5.71 Å². The highest BCUT2D eigenvalue weighted by molar-refractivity contribution is 5.88. The molecule has 1 N–H and O–H groups in total. The summed E-state index contributed by atoms with van der Waals surface area (Å²) in [6, 6.07) is 0. The first-order valence-corrected chi connectivity index (χ1v) is 5.29. The molecule has 0 amide bonds. The zero-order chi connectivity index (χ0) is 8.84. The minimum absolute atomic E-state index is 0.591. The molecule has 13 heavy (non-hydrogen) atoms. The SMILES string of the molecule is O/N=C1\CCC[C@@H]2[C@H]1[C@H]1C=C[C@@H]2C1. The Balaban J connectivity index is 1.96. The van der Waals surface area contributed by atoms with Crippen LogP contribution in [-0.2, 0) is 0 Å². The van der Waals surface area contributed by atoms with Crippen LogP contribution in [0.15, 0.2) is 17.3 Å². The second kappa shape index (κ2) is 2.60. The summed E-state index contributed by atoms with van der Waals surface area (Å²) < 4.78 is 0. The summed E-state index contributed by atoms with van der Waals surface area (Å²) in [5.41, 5.74) is 1.08. The van der Waals surface area contributed by atoms with Gasteiger partial charge in [0.1, 0.15) is 0 Å². The Morgan fingerprint density at radius 2 is 2.15 bits per heavy atom. The van der Waals surface area contributed by atoms with Gasteiger partial charge in [-0.25, -0.2) is 0 Å². The predicted octanol–water partition coefficient (Wildman–Crippen LogP) is 2.44. The maximum atomic E-state index is 8.93. The molecular formula is C11H15NO. The average molecular weight is 177 g/mol. The molecule has 0 aromatic rings. The summed E-state index contributed by atoms with van der Waals surface area (Å²) in [7, 11) is 0. The number of hydrogen-bond acceptors (Lipinski definition) is 2. The Kier molecular flexibility index (Phi) is 1.52. The van der Waals surface area contributed by atoms with Crippen LogP contribution in [0, 0.1) is 23.7 Å². The summed E-state index contributed by atoms with van der Waals surface area (Å²) in [6.45, 7) is 0. The third-order valence-electron chi connectivity index (χ3n) is 4.11. The fourth-order valence-electron chi connectivity index (χ4n) is 3.61. The minimum Gasteiger partial charge on any atom is -0.411 e. The van der Waals surface area contributed by atoms with Crippen LogP contribution >= 0.6 is 0 Å². The molecule has 4 atom stereocenters. The molecule has 0 aliphatic heterocycles. The molecule has 70 valence electrons. The number of hydrogen-bond donors (Lipinski definition) is 1. The molecule has 0 saturated heterocycles. The summed E-state index contributed by atoms with van der Waals surface area (Å²) >= 11 is 0. The van der Waals surface area contributed by atoms with Crippen LogP contribution in [0.4, 0.5) is 0 Å². The summed E-state index contributed by atoms with van der Waals surface area (Å²) in [5.74, 6) is 2.89. The molecule has 0 spiro atoms. The van der Waals surface area contributed by atoms with Gasteiger partial charge in [-0.2, -0.15) is 0 Å². The van der Waals surface area contributed by atoms with Crippen molar-refractivity contribution in [2.75, 3.05) is 0 Å². The van der Waals surface area contributed by atoms with Crippen molar-refractivity contribution in [1.29, 1.82) is 0 Å². The second-order valence-corrected chi connectivity index (χ2v) is 4.62. The Morgan fingerprint density at radius 1 is 1.31 bits per heavy atom. The van der Waals surface area contributed by atoms with E-state index in [1.807, 2.05) is 0 Å². The van der Waals surface area contributed by atoms with E-state index >= 15 is 0 Å². The lowest BCUT2D eigenvalue weighted by Crippen LogP contribution is -2.31. The quantitative estimate of drug-likeness (QED) is 0.344. The molecule has 3 rings (SSSR count). The molecule has 2 heteroatoms. The van der Waals surface area contributed by atoms with E-state index in [2.05, 4.69) is 17.3 Å². The van der Waals surface area contributed by atoms with E-state index in [1.165, 1.54) is 19.3 Å². The number of oxime groups is 1. The van der Waals surface area contributed by atoms with Crippen molar-refractivity contribution in [3.05, 3.63) is 12.2 Å². The maximum Gasteiger partial charge on any atom is 0.0610 e. The standard InChI is InChI=1S/C11H15NO/c13-12-10-3-1-2-9-7-4-5-8(6-7)11(9)10/h4-5,7-9,11,13H,1-3,6H2/b12-10+/t7-,8+,9+,11-/m1/s1. The van der Waals surface area contributed by atoms with Crippen molar-refractivity contribution in [3.63, 3.8) is 0 Å². The second-order valence-electron chi connectivity index (χ2n) is 4.62. The molecular weight excluding hydrogens is 162 g/mol. The maximum absolute atomic E-state index is 8.93. The molecule has 0 aromatic carbocycles. The highest BCUT2D eigenvalue weighted by Gasteiger charge is 2.47. The van der Waals surface area contributed by atoms with Gasteiger partial charge in [0, 0.05) is 5.92 Å². The van der Waals surface area contributed by atoms with Crippen LogP contribution in [0.2, 0.25) is 0 Å². The van der Waals surface area contributed by atoms with Gasteiger partial charge in [-0.3, -0.25) is 0 Å². The lowest BCUT2D eigenvalue weighted by atomic mass is 9.72. The van der Waals surface area contributed by atoms with Crippen LogP contribution in [0.1, 0.15) is 25.7 Å². The Hall–Kier alpha value is -0.790. The molecule has 0 radical (unpaired) electrons. The first kappa shape index (κ1) is 7.60. The molecule has 0 aromatic heterocycles. The molecule has 3 aliphatic carbocycles.